The molecule has 0 atom stereocenters. The Labute approximate surface area is 69.8 Å². The third kappa shape index (κ3) is 3.43. The summed E-state index contributed by atoms with van der Waals surface area (Å²) in [4.78, 5) is 0. The van der Waals surface area contributed by atoms with Crippen molar-refractivity contribution in [3.8, 4) is 0 Å². The van der Waals surface area contributed by atoms with Crippen LogP contribution in [-0.2, 0) is 0 Å². The van der Waals surface area contributed by atoms with E-state index in [1.54, 1.807) is 0 Å². The lowest BCUT2D eigenvalue weighted by Crippen LogP contribution is -3.00. The van der Waals surface area contributed by atoms with Crippen molar-refractivity contribution in [3.05, 3.63) is 0 Å². The molecule has 0 amide bonds. The first-order valence-corrected chi connectivity index (χ1v) is 4.13. The topological polar surface area (TPSA) is 26.0 Å². The van der Waals surface area contributed by atoms with Crippen LogP contribution in [0.5, 0.6) is 0 Å². The van der Waals surface area contributed by atoms with E-state index in [1.165, 1.54) is 38.5 Å². The lowest BCUT2D eigenvalue weighted by Gasteiger charge is -2.20. The summed E-state index contributed by atoms with van der Waals surface area (Å²) in [5, 5.41) is 0. The highest BCUT2D eigenvalue weighted by molar-refractivity contribution is 4.65. The molecule has 1 saturated carbocycles. The van der Waals surface area contributed by atoms with Crippen LogP contribution in [0, 0.1) is 5.92 Å². The summed E-state index contributed by atoms with van der Waals surface area (Å²) < 4.78 is 0. The van der Waals surface area contributed by atoms with Crippen molar-refractivity contribution in [2.75, 3.05) is 6.54 Å². The monoisotopic (exact) mass is 162 g/mol. The molecule has 1 fully saturated rings. The van der Waals surface area contributed by atoms with Crippen LogP contribution in [0.25, 0.3) is 0 Å². The summed E-state index contributed by atoms with van der Waals surface area (Å²) in [7, 11) is 0. The fourth-order valence-corrected chi connectivity index (χ4v) is 1.71. The minimum Gasteiger partial charge on any atom is -1.00 e. The molecule has 0 radical (unpaired) electrons. The molecule has 0 aliphatic heterocycles. The van der Waals surface area contributed by atoms with Crippen LogP contribution in [-0.4, -0.2) is 6.54 Å². The Kier molecular flexibility index (Phi) is 6.14. The highest BCUT2D eigenvalue weighted by atomic mass is 35.5. The normalized spacial score (nSPS) is 20.1. The average molecular weight is 163 g/mol. The molecular weight excluding hydrogens is 146 g/mol. The van der Waals surface area contributed by atoms with Crippen molar-refractivity contribution >= 4 is 0 Å². The van der Waals surface area contributed by atoms with Crippen molar-refractivity contribution in [1.82, 2.24) is 0 Å². The first-order valence-electron chi connectivity index (χ1n) is 4.13. The van der Waals surface area contributed by atoms with Gasteiger partial charge in [0.1, 0.15) is 0 Å². The van der Waals surface area contributed by atoms with Gasteiger partial charge < -0.3 is 18.1 Å². The van der Waals surface area contributed by atoms with E-state index in [4.69, 9.17) is 5.73 Å². The highest BCUT2D eigenvalue weighted by Crippen LogP contribution is 2.25. The molecule has 1 aliphatic rings. The fraction of sp³-hybridized carbons (Fsp3) is 1.00. The molecular formula is C8H17ClN-. The van der Waals surface area contributed by atoms with Gasteiger partial charge in [-0.3, -0.25) is 0 Å². The van der Waals surface area contributed by atoms with E-state index in [1.807, 2.05) is 0 Å². The number of nitrogens with two attached hydrogens (primary N) is 1. The zero-order valence-electron chi connectivity index (χ0n) is 6.48. The average Bonchev–Trinajstić information content (AvgIpc) is 1.91. The lowest BCUT2D eigenvalue weighted by atomic mass is 9.87. The van der Waals surface area contributed by atoms with E-state index in [2.05, 4.69) is 0 Å². The van der Waals surface area contributed by atoms with E-state index in [9.17, 15) is 0 Å². The van der Waals surface area contributed by atoms with Crippen LogP contribution in [0.15, 0.2) is 0 Å². The second-order valence-electron chi connectivity index (χ2n) is 3.08. The van der Waals surface area contributed by atoms with Gasteiger partial charge in [0.25, 0.3) is 0 Å². The van der Waals surface area contributed by atoms with Gasteiger partial charge in [0.05, 0.1) is 0 Å². The van der Waals surface area contributed by atoms with Crippen LogP contribution in [0.4, 0.5) is 0 Å². The van der Waals surface area contributed by atoms with Gasteiger partial charge in [-0.15, -0.1) is 0 Å². The summed E-state index contributed by atoms with van der Waals surface area (Å²) in [6.07, 6.45) is 8.50. The smallest absolute Gasteiger partial charge is 0.00746 e. The molecule has 0 aromatic heterocycles. The van der Waals surface area contributed by atoms with Gasteiger partial charge in [-0.1, -0.05) is 32.1 Å². The van der Waals surface area contributed by atoms with Gasteiger partial charge in [-0.05, 0) is 18.9 Å². The molecule has 0 spiro atoms. The zero-order chi connectivity index (χ0) is 6.53. The summed E-state index contributed by atoms with van der Waals surface area (Å²) in [6.45, 7) is 0.894. The Morgan fingerprint density at radius 1 is 1.10 bits per heavy atom. The Morgan fingerprint density at radius 3 is 2.20 bits per heavy atom. The number of hydrogen-bond acceptors (Lipinski definition) is 1. The van der Waals surface area contributed by atoms with E-state index >= 15 is 0 Å². The SMILES string of the molecule is NCCC1CCCCC1.[Cl-]. The molecule has 0 saturated heterocycles. The van der Waals surface area contributed by atoms with Crippen molar-refractivity contribution in [2.45, 2.75) is 38.5 Å². The van der Waals surface area contributed by atoms with E-state index in [-0.39, 0.29) is 12.4 Å². The summed E-state index contributed by atoms with van der Waals surface area (Å²) in [5.41, 5.74) is 5.46. The molecule has 0 unspecified atom stereocenters. The minimum atomic E-state index is 0. The standard InChI is InChI=1S/C8H17N.ClH/c9-7-6-8-4-2-1-3-5-8;/h8H,1-7,9H2;1H/p-1. The highest BCUT2D eigenvalue weighted by Gasteiger charge is 2.11. The molecule has 1 rings (SSSR count). The van der Waals surface area contributed by atoms with Gasteiger partial charge in [-0.2, -0.15) is 0 Å². The van der Waals surface area contributed by atoms with Gasteiger partial charge in [0.2, 0.25) is 0 Å². The molecule has 10 heavy (non-hydrogen) atoms. The maximum absolute atomic E-state index is 5.46. The van der Waals surface area contributed by atoms with Crippen molar-refractivity contribution in [2.24, 2.45) is 11.7 Å². The first-order chi connectivity index (χ1) is 4.43. The maximum Gasteiger partial charge on any atom is -0.00746 e. The van der Waals surface area contributed by atoms with Crippen LogP contribution in [0.3, 0.4) is 0 Å². The summed E-state index contributed by atoms with van der Waals surface area (Å²) in [6, 6.07) is 0. The van der Waals surface area contributed by atoms with Gasteiger partial charge in [-0.25, -0.2) is 0 Å². The zero-order valence-corrected chi connectivity index (χ0v) is 7.24. The Morgan fingerprint density at radius 2 is 1.70 bits per heavy atom. The molecule has 2 heteroatoms. The first kappa shape index (κ1) is 10.2. The van der Waals surface area contributed by atoms with Crippen LogP contribution in [0.1, 0.15) is 38.5 Å². The predicted octanol–water partition coefficient (Wildman–Crippen LogP) is -1.08. The predicted molar refractivity (Wildman–Crippen MR) is 40.2 cm³/mol. The summed E-state index contributed by atoms with van der Waals surface area (Å²) >= 11 is 0. The molecule has 0 bridgehead atoms. The summed E-state index contributed by atoms with van der Waals surface area (Å²) in [5.74, 6) is 0.976. The molecule has 0 aromatic carbocycles. The lowest BCUT2D eigenvalue weighted by molar-refractivity contribution is -0.00000211. The second-order valence-corrected chi connectivity index (χ2v) is 3.08. The number of rotatable bonds is 2. The van der Waals surface area contributed by atoms with Gasteiger partial charge in [0.15, 0.2) is 0 Å². The third-order valence-corrected chi connectivity index (χ3v) is 2.30. The Bertz CT molecular complexity index is 66.9. The second kappa shape index (κ2) is 5.99. The number of halogens is 1. The van der Waals surface area contributed by atoms with Crippen LogP contribution < -0.4 is 18.1 Å². The largest absolute Gasteiger partial charge is 1.00 e. The quantitative estimate of drug-likeness (QED) is 0.550. The molecule has 1 nitrogen and oxygen atoms in total. The molecule has 2 N–H and O–H groups in total. The van der Waals surface area contributed by atoms with Gasteiger partial charge in [0, 0.05) is 0 Å². The van der Waals surface area contributed by atoms with Crippen LogP contribution in [0.2, 0.25) is 0 Å². The van der Waals surface area contributed by atoms with Crippen molar-refractivity contribution < 1.29 is 12.4 Å². The molecule has 1 aliphatic carbocycles. The van der Waals surface area contributed by atoms with Crippen molar-refractivity contribution in [3.63, 3.8) is 0 Å². The minimum absolute atomic E-state index is 0. The Balaban J connectivity index is 0.000000810. The number of hydrogen-bond donors (Lipinski definition) is 1. The Hall–Kier alpha value is 0.250. The van der Waals surface area contributed by atoms with Crippen LogP contribution >= 0.6 is 0 Å². The third-order valence-electron chi connectivity index (χ3n) is 2.30. The van der Waals surface area contributed by atoms with E-state index in [0.29, 0.717) is 0 Å². The van der Waals surface area contributed by atoms with E-state index in [0.717, 1.165) is 12.5 Å². The molecule has 62 valence electrons. The fourth-order valence-electron chi connectivity index (χ4n) is 1.71. The molecule has 0 heterocycles. The maximum atomic E-state index is 5.46. The van der Waals surface area contributed by atoms with E-state index < -0.39 is 0 Å². The van der Waals surface area contributed by atoms with Gasteiger partial charge >= 0.3 is 0 Å². The molecule has 0 aromatic rings. The van der Waals surface area contributed by atoms with Crippen molar-refractivity contribution in [1.29, 1.82) is 0 Å².